The zero-order valence-corrected chi connectivity index (χ0v) is 10.5. The van der Waals surface area contributed by atoms with Gasteiger partial charge in [-0.3, -0.25) is 0 Å². The molecule has 0 aromatic rings. The van der Waals surface area contributed by atoms with E-state index in [0.29, 0.717) is 24.0 Å². The largest absolute Gasteiger partial charge is 0.459 e. The molecule has 96 valence electrons. The molecule has 17 heavy (non-hydrogen) atoms. The van der Waals surface area contributed by atoms with Gasteiger partial charge in [0.2, 0.25) is 0 Å². The van der Waals surface area contributed by atoms with Crippen LogP contribution in [0.1, 0.15) is 33.6 Å². The molecule has 2 N–H and O–H groups in total. The summed E-state index contributed by atoms with van der Waals surface area (Å²) >= 11 is 0. The molecular weight excluding hydrogens is 222 g/mol. The molecule has 0 radical (unpaired) electrons. The minimum atomic E-state index is -0.559. The lowest BCUT2D eigenvalue weighted by Crippen LogP contribution is -2.15. The van der Waals surface area contributed by atoms with E-state index < -0.39 is 11.9 Å². The molecule has 0 fully saturated rings. The molecule has 0 rings (SSSR count). The molecule has 0 saturated heterocycles. The standard InChI is InChI=1S/C12H19NO4/c1-8(2)11(14)16-10(4)7-5-6-9(3)12(15)17-13/h6,10H,1,5,7,13H2,2-4H3/b9-6+. The van der Waals surface area contributed by atoms with Crippen molar-refractivity contribution in [1.82, 2.24) is 0 Å². The van der Waals surface area contributed by atoms with Crippen molar-refractivity contribution in [3.05, 3.63) is 23.8 Å². The lowest BCUT2D eigenvalue weighted by atomic mass is 10.1. The minimum Gasteiger partial charge on any atom is -0.459 e. The highest BCUT2D eigenvalue weighted by molar-refractivity contribution is 5.87. The topological polar surface area (TPSA) is 78.6 Å². The van der Waals surface area contributed by atoms with Crippen LogP contribution < -0.4 is 5.90 Å². The molecule has 0 aromatic heterocycles. The van der Waals surface area contributed by atoms with Crippen molar-refractivity contribution in [2.75, 3.05) is 0 Å². The Kier molecular flexibility index (Phi) is 6.89. The van der Waals surface area contributed by atoms with Gasteiger partial charge in [-0.2, -0.15) is 5.90 Å². The smallest absolute Gasteiger partial charge is 0.351 e. The first kappa shape index (κ1) is 15.4. The fraction of sp³-hybridized carbons (Fsp3) is 0.500. The monoisotopic (exact) mass is 241 g/mol. The molecule has 5 heteroatoms. The number of allylic oxidation sites excluding steroid dienone is 1. The predicted octanol–water partition coefficient (Wildman–Crippen LogP) is 1.64. The van der Waals surface area contributed by atoms with Crippen molar-refractivity contribution < 1.29 is 19.2 Å². The van der Waals surface area contributed by atoms with Gasteiger partial charge >= 0.3 is 11.9 Å². The van der Waals surface area contributed by atoms with E-state index in [9.17, 15) is 9.59 Å². The Morgan fingerprint density at radius 1 is 1.35 bits per heavy atom. The molecule has 5 nitrogen and oxygen atoms in total. The molecule has 1 atom stereocenters. The van der Waals surface area contributed by atoms with Crippen molar-refractivity contribution in [3.8, 4) is 0 Å². The summed E-state index contributed by atoms with van der Waals surface area (Å²) in [7, 11) is 0. The molecule has 1 unspecified atom stereocenters. The molecule has 0 aliphatic carbocycles. The van der Waals surface area contributed by atoms with Gasteiger partial charge in [-0.25, -0.2) is 9.59 Å². The van der Waals surface area contributed by atoms with Crippen LogP contribution in [0.2, 0.25) is 0 Å². The number of carbonyl (C=O) groups excluding carboxylic acids is 2. The SMILES string of the molecule is C=C(C)C(=O)OC(C)CC/C=C(\C)C(=O)ON. The van der Waals surface area contributed by atoms with Crippen LogP contribution in [-0.2, 0) is 19.2 Å². The summed E-state index contributed by atoms with van der Waals surface area (Å²) in [6.45, 7) is 8.48. The van der Waals surface area contributed by atoms with Gasteiger partial charge < -0.3 is 9.57 Å². The Labute approximate surface area is 101 Å². The zero-order chi connectivity index (χ0) is 13.4. The molecule has 0 aliphatic rings. The molecular formula is C12H19NO4. The zero-order valence-electron chi connectivity index (χ0n) is 10.5. The first-order valence-electron chi connectivity index (χ1n) is 5.32. The highest BCUT2D eigenvalue weighted by atomic mass is 16.7. The lowest BCUT2D eigenvalue weighted by Gasteiger charge is -2.11. The predicted molar refractivity (Wildman–Crippen MR) is 63.6 cm³/mol. The van der Waals surface area contributed by atoms with Gasteiger partial charge in [0.1, 0.15) is 0 Å². The maximum absolute atomic E-state index is 11.2. The fourth-order valence-corrected chi connectivity index (χ4v) is 1.05. The molecule has 0 bridgehead atoms. The van der Waals surface area contributed by atoms with Crippen LogP contribution in [0.3, 0.4) is 0 Å². The molecule has 0 spiro atoms. The van der Waals surface area contributed by atoms with E-state index in [1.807, 2.05) is 0 Å². The maximum atomic E-state index is 11.2. The minimum absolute atomic E-state index is 0.225. The van der Waals surface area contributed by atoms with Crippen LogP contribution in [0.4, 0.5) is 0 Å². The Hall–Kier alpha value is -1.62. The molecule has 0 heterocycles. The lowest BCUT2D eigenvalue weighted by molar-refractivity contribution is -0.143. The van der Waals surface area contributed by atoms with Crippen LogP contribution in [0, 0.1) is 0 Å². The van der Waals surface area contributed by atoms with Crippen molar-refractivity contribution >= 4 is 11.9 Å². The van der Waals surface area contributed by atoms with E-state index in [1.165, 1.54) is 0 Å². The van der Waals surface area contributed by atoms with Crippen LogP contribution in [0.25, 0.3) is 0 Å². The summed E-state index contributed by atoms with van der Waals surface area (Å²) < 4.78 is 5.07. The maximum Gasteiger partial charge on any atom is 0.351 e. The summed E-state index contributed by atoms with van der Waals surface area (Å²) in [5.41, 5.74) is 0.807. The number of hydrogen-bond acceptors (Lipinski definition) is 5. The summed E-state index contributed by atoms with van der Waals surface area (Å²) in [4.78, 5) is 26.2. The second-order valence-corrected chi connectivity index (χ2v) is 3.87. The molecule has 0 aliphatic heterocycles. The van der Waals surface area contributed by atoms with Crippen LogP contribution in [0.5, 0.6) is 0 Å². The Balaban J connectivity index is 4.01. The van der Waals surface area contributed by atoms with Crippen LogP contribution in [-0.4, -0.2) is 18.0 Å². The van der Waals surface area contributed by atoms with E-state index >= 15 is 0 Å². The van der Waals surface area contributed by atoms with Crippen LogP contribution >= 0.6 is 0 Å². The van der Waals surface area contributed by atoms with Gasteiger partial charge in [-0.05, 0) is 33.6 Å². The third kappa shape index (κ3) is 6.52. The van der Waals surface area contributed by atoms with E-state index in [1.54, 1.807) is 26.8 Å². The first-order valence-corrected chi connectivity index (χ1v) is 5.32. The highest BCUT2D eigenvalue weighted by Gasteiger charge is 2.09. The quantitative estimate of drug-likeness (QED) is 0.434. The molecule has 0 saturated carbocycles. The second-order valence-electron chi connectivity index (χ2n) is 3.87. The third-order valence-corrected chi connectivity index (χ3v) is 2.11. The summed E-state index contributed by atoms with van der Waals surface area (Å²) in [6.07, 6.45) is 2.69. The van der Waals surface area contributed by atoms with E-state index in [-0.39, 0.29) is 6.10 Å². The van der Waals surface area contributed by atoms with Crippen molar-refractivity contribution in [2.24, 2.45) is 5.90 Å². The number of esters is 1. The van der Waals surface area contributed by atoms with Gasteiger partial charge in [-0.1, -0.05) is 12.7 Å². The molecule has 0 aromatic carbocycles. The number of hydrogen-bond donors (Lipinski definition) is 1. The normalized spacial score (nSPS) is 12.8. The summed E-state index contributed by atoms with van der Waals surface area (Å²) in [5, 5.41) is 0. The average Bonchev–Trinajstić information content (AvgIpc) is 2.27. The number of ether oxygens (including phenoxy) is 1. The number of carbonyl (C=O) groups is 2. The van der Waals surface area contributed by atoms with Gasteiger partial charge in [0.05, 0.1) is 6.10 Å². The first-order chi connectivity index (χ1) is 7.88. The van der Waals surface area contributed by atoms with Gasteiger partial charge in [0.25, 0.3) is 0 Å². The highest BCUT2D eigenvalue weighted by Crippen LogP contribution is 2.07. The average molecular weight is 241 g/mol. The molecule has 0 amide bonds. The van der Waals surface area contributed by atoms with Gasteiger partial charge in [-0.15, -0.1) is 0 Å². The van der Waals surface area contributed by atoms with E-state index in [2.05, 4.69) is 11.4 Å². The number of rotatable bonds is 6. The van der Waals surface area contributed by atoms with Gasteiger partial charge in [0.15, 0.2) is 0 Å². The summed E-state index contributed by atoms with van der Waals surface area (Å²) in [5.74, 6) is 3.77. The fourth-order valence-electron chi connectivity index (χ4n) is 1.05. The van der Waals surface area contributed by atoms with Crippen molar-refractivity contribution in [3.63, 3.8) is 0 Å². The Morgan fingerprint density at radius 2 is 1.94 bits per heavy atom. The Bertz CT molecular complexity index is 333. The van der Waals surface area contributed by atoms with Crippen molar-refractivity contribution in [2.45, 2.75) is 39.7 Å². The van der Waals surface area contributed by atoms with E-state index in [4.69, 9.17) is 10.6 Å². The van der Waals surface area contributed by atoms with E-state index in [0.717, 1.165) is 0 Å². The Morgan fingerprint density at radius 3 is 2.41 bits per heavy atom. The second kappa shape index (κ2) is 7.62. The third-order valence-electron chi connectivity index (χ3n) is 2.11. The van der Waals surface area contributed by atoms with Crippen molar-refractivity contribution in [1.29, 1.82) is 0 Å². The van der Waals surface area contributed by atoms with Crippen LogP contribution in [0.15, 0.2) is 23.8 Å². The number of nitrogens with two attached hydrogens (primary N) is 1. The van der Waals surface area contributed by atoms with Gasteiger partial charge in [0, 0.05) is 11.1 Å². The summed E-state index contributed by atoms with van der Waals surface area (Å²) in [6, 6.07) is 0.